The summed E-state index contributed by atoms with van der Waals surface area (Å²) < 4.78 is 1.04. The molecule has 0 saturated carbocycles. The summed E-state index contributed by atoms with van der Waals surface area (Å²) in [5, 5.41) is 2.99. The van der Waals surface area contributed by atoms with Crippen LogP contribution in [0.5, 0.6) is 0 Å². The maximum absolute atomic E-state index is 12.7. The van der Waals surface area contributed by atoms with Gasteiger partial charge in [0, 0.05) is 16.7 Å². The van der Waals surface area contributed by atoms with Crippen LogP contribution in [-0.4, -0.2) is 17.0 Å². The zero-order valence-corrected chi connectivity index (χ0v) is 14.4. The number of hydrogen-bond acceptors (Lipinski definition) is 1. The first-order valence-corrected chi connectivity index (χ1v) is 8.55. The van der Waals surface area contributed by atoms with Crippen LogP contribution in [0, 0.1) is 0 Å². The van der Waals surface area contributed by atoms with Gasteiger partial charge >= 0.3 is 6.03 Å². The number of allylic oxidation sites excluding steroid dienone is 1. The standard InChI is InChI=1S/C19H19BrN2O/c20-16-12-10-15(11-13-16)14-22(18-8-4-5-9-18)19(23)21-17-6-2-1-3-7-17/h1-4,6-8,10-13,18H,5,9,14H2,(H,21,23). The fourth-order valence-corrected chi connectivity index (χ4v) is 2.98. The lowest BCUT2D eigenvalue weighted by molar-refractivity contribution is 0.195. The Balaban J connectivity index is 1.76. The van der Waals surface area contributed by atoms with Crippen molar-refractivity contribution in [2.45, 2.75) is 25.4 Å². The molecule has 3 rings (SSSR count). The Hall–Kier alpha value is -2.07. The molecule has 0 radical (unpaired) electrons. The van der Waals surface area contributed by atoms with E-state index in [1.165, 1.54) is 0 Å². The third-order valence-electron chi connectivity index (χ3n) is 3.94. The van der Waals surface area contributed by atoms with Crippen LogP contribution >= 0.6 is 15.9 Å². The van der Waals surface area contributed by atoms with Crippen molar-refractivity contribution in [2.24, 2.45) is 0 Å². The number of rotatable bonds is 4. The molecule has 1 aliphatic carbocycles. The average molecular weight is 371 g/mol. The summed E-state index contributed by atoms with van der Waals surface area (Å²) in [7, 11) is 0. The highest BCUT2D eigenvalue weighted by Gasteiger charge is 2.23. The van der Waals surface area contributed by atoms with E-state index in [9.17, 15) is 4.79 Å². The minimum atomic E-state index is -0.0596. The van der Waals surface area contributed by atoms with Crippen LogP contribution in [0.3, 0.4) is 0 Å². The Morgan fingerprint density at radius 3 is 2.52 bits per heavy atom. The molecule has 3 nitrogen and oxygen atoms in total. The summed E-state index contributed by atoms with van der Waals surface area (Å²) in [6.45, 7) is 0.598. The van der Waals surface area contributed by atoms with Crippen molar-refractivity contribution < 1.29 is 4.79 Å². The first-order chi connectivity index (χ1) is 11.2. The molecule has 1 aliphatic rings. The Labute approximate surface area is 145 Å². The van der Waals surface area contributed by atoms with Gasteiger partial charge in [-0.2, -0.15) is 0 Å². The van der Waals surface area contributed by atoms with Gasteiger partial charge in [-0.3, -0.25) is 0 Å². The molecule has 4 heteroatoms. The van der Waals surface area contributed by atoms with E-state index in [2.05, 4.69) is 33.4 Å². The topological polar surface area (TPSA) is 32.3 Å². The zero-order chi connectivity index (χ0) is 16.1. The number of amides is 2. The molecule has 0 aliphatic heterocycles. The van der Waals surface area contributed by atoms with E-state index in [-0.39, 0.29) is 12.1 Å². The number of hydrogen-bond donors (Lipinski definition) is 1. The molecule has 0 heterocycles. The van der Waals surface area contributed by atoms with Crippen LogP contribution in [-0.2, 0) is 6.54 Å². The van der Waals surface area contributed by atoms with Gasteiger partial charge in [-0.05, 0) is 42.7 Å². The van der Waals surface area contributed by atoms with E-state index >= 15 is 0 Å². The molecule has 0 aromatic heterocycles. The molecular weight excluding hydrogens is 352 g/mol. The first-order valence-electron chi connectivity index (χ1n) is 7.76. The lowest BCUT2D eigenvalue weighted by Gasteiger charge is -2.28. The summed E-state index contributed by atoms with van der Waals surface area (Å²) in [6.07, 6.45) is 6.29. The number of urea groups is 1. The Morgan fingerprint density at radius 1 is 1.13 bits per heavy atom. The molecule has 1 atom stereocenters. The van der Waals surface area contributed by atoms with E-state index in [1.54, 1.807) is 0 Å². The van der Waals surface area contributed by atoms with Gasteiger partial charge in [-0.1, -0.05) is 58.4 Å². The quantitative estimate of drug-likeness (QED) is 0.736. The van der Waals surface area contributed by atoms with E-state index in [0.29, 0.717) is 6.54 Å². The molecule has 0 spiro atoms. The molecular formula is C19H19BrN2O. The van der Waals surface area contributed by atoms with Gasteiger partial charge in [0.15, 0.2) is 0 Å². The van der Waals surface area contributed by atoms with E-state index < -0.39 is 0 Å². The van der Waals surface area contributed by atoms with Gasteiger partial charge < -0.3 is 10.2 Å². The van der Waals surface area contributed by atoms with E-state index in [0.717, 1.165) is 28.6 Å². The summed E-state index contributed by atoms with van der Waals surface area (Å²) in [6, 6.07) is 17.8. The van der Waals surface area contributed by atoms with Crippen LogP contribution in [0.2, 0.25) is 0 Å². The minimum Gasteiger partial charge on any atom is -0.314 e. The number of anilines is 1. The molecule has 1 N–H and O–H groups in total. The summed E-state index contributed by atoms with van der Waals surface area (Å²) >= 11 is 3.45. The molecule has 118 valence electrons. The molecule has 1 unspecified atom stereocenters. The third kappa shape index (κ3) is 4.23. The van der Waals surface area contributed by atoms with E-state index in [1.807, 2.05) is 59.5 Å². The van der Waals surface area contributed by atoms with Crippen molar-refractivity contribution in [3.63, 3.8) is 0 Å². The lowest BCUT2D eigenvalue weighted by Crippen LogP contribution is -2.40. The predicted molar refractivity (Wildman–Crippen MR) is 97.3 cm³/mol. The maximum atomic E-state index is 12.7. The van der Waals surface area contributed by atoms with Crippen LogP contribution < -0.4 is 5.32 Å². The zero-order valence-electron chi connectivity index (χ0n) is 12.8. The second kappa shape index (κ2) is 7.47. The smallest absolute Gasteiger partial charge is 0.314 e. The SMILES string of the molecule is O=C(Nc1ccccc1)N(Cc1ccc(Br)cc1)C1C=CCC1. The number of carbonyl (C=O) groups excluding carboxylic acids is 1. The van der Waals surface area contributed by atoms with Crippen molar-refractivity contribution in [1.82, 2.24) is 4.90 Å². The first kappa shape index (κ1) is 15.8. The van der Waals surface area contributed by atoms with Crippen molar-refractivity contribution >= 4 is 27.6 Å². The lowest BCUT2D eigenvalue weighted by atomic mass is 10.1. The molecule has 2 amide bonds. The average Bonchev–Trinajstić information content (AvgIpc) is 3.09. The van der Waals surface area contributed by atoms with Crippen LogP contribution in [0.1, 0.15) is 18.4 Å². The number of nitrogens with zero attached hydrogens (tertiary/aromatic N) is 1. The van der Waals surface area contributed by atoms with Crippen molar-refractivity contribution in [1.29, 1.82) is 0 Å². The van der Waals surface area contributed by atoms with Crippen molar-refractivity contribution in [3.8, 4) is 0 Å². The number of nitrogens with one attached hydrogen (secondary N) is 1. The summed E-state index contributed by atoms with van der Waals surface area (Å²) in [5.41, 5.74) is 1.94. The van der Waals surface area contributed by atoms with Gasteiger partial charge in [0.2, 0.25) is 0 Å². The molecule has 0 bridgehead atoms. The summed E-state index contributed by atoms with van der Waals surface area (Å²) in [5.74, 6) is 0. The van der Waals surface area contributed by atoms with Gasteiger partial charge in [0.1, 0.15) is 0 Å². The fraction of sp³-hybridized carbons (Fsp3) is 0.211. The fourth-order valence-electron chi connectivity index (χ4n) is 2.72. The second-order valence-corrected chi connectivity index (χ2v) is 6.54. The highest BCUT2D eigenvalue weighted by molar-refractivity contribution is 9.10. The molecule has 2 aromatic rings. The van der Waals surface area contributed by atoms with E-state index in [4.69, 9.17) is 0 Å². The third-order valence-corrected chi connectivity index (χ3v) is 4.47. The van der Waals surface area contributed by atoms with Crippen LogP contribution in [0.15, 0.2) is 71.2 Å². The second-order valence-electron chi connectivity index (χ2n) is 5.62. The van der Waals surface area contributed by atoms with Crippen molar-refractivity contribution in [2.75, 3.05) is 5.32 Å². The summed E-state index contributed by atoms with van der Waals surface area (Å²) in [4.78, 5) is 14.6. The number of carbonyl (C=O) groups is 1. The normalized spacial score (nSPS) is 16.3. The van der Waals surface area contributed by atoms with Gasteiger partial charge in [0.25, 0.3) is 0 Å². The molecule has 0 saturated heterocycles. The number of para-hydroxylation sites is 1. The van der Waals surface area contributed by atoms with Crippen molar-refractivity contribution in [3.05, 3.63) is 76.8 Å². The number of halogens is 1. The Bertz CT molecular complexity index is 682. The van der Waals surface area contributed by atoms with Gasteiger partial charge in [-0.15, -0.1) is 0 Å². The maximum Gasteiger partial charge on any atom is 0.322 e. The monoisotopic (exact) mass is 370 g/mol. The molecule has 2 aromatic carbocycles. The van der Waals surface area contributed by atoms with Gasteiger partial charge in [-0.25, -0.2) is 4.79 Å². The largest absolute Gasteiger partial charge is 0.322 e. The number of benzene rings is 2. The molecule has 23 heavy (non-hydrogen) atoms. The highest BCUT2D eigenvalue weighted by Crippen LogP contribution is 2.21. The highest BCUT2D eigenvalue weighted by atomic mass is 79.9. The van der Waals surface area contributed by atoms with Crippen LogP contribution in [0.25, 0.3) is 0 Å². The van der Waals surface area contributed by atoms with Gasteiger partial charge in [0.05, 0.1) is 6.04 Å². The Morgan fingerprint density at radius 2 is 1.87 bits per heavy atom. The molecule has 0 fully saturated rings. The predicted octanol–water partition coefficient (Wildman–Crippen LogP) is 5.20. The van der Waals surface area contributed by atoms with Crippen LogP contribution in [0.4, 0.5) is 10.5 Å². The Kier molecular flexibility index (Phi) is 5.13. The minimum absolute atomic E-state index is 0.0596.